The number of aryl methyl sites for hydroxylation is 1. The largest absolute Gasteiger partial charge is 0.308 e. The summed E-state index contributed by atoms with van der Waals surface area (Å²) in [6.45, 7) is 5.20. The molecule has 2 aromatic rings. The molecule has 1 N–H and O–H groups in total. The van der Waals surface area contributed by atoms with E-state index >= 15 is 0 Å². The summed E-state index contributed by atoms with van der Waals surface area (Å²) in [6, 6.07) is 14.5. The molecule has 1 unspecified atom stereocenters. The minimum atomic E-state index is 0.246. The van der Waals surface area contributed by atoms with Crippen molar-refractivity contribution in [2.75, 3.05) is 6.54 Å². The monoisotopic (exact) mass is 288 g/mol. The van der Waals surface area contributed by atoms with Gasteiger partial charge in [0.2, 0.25) is 0 Å². The minimum Gasteiger partial charge on any atom is -0.308 e. The number of aromatic nitrogens is 1. The van der Waals surface area contributed by atoms with Gasteiger partial charge in [-0.2, -0.15) is 0 Å². The first-order chi connectivity index (χ1) is 9.69. The lowest BCUT2D eigenvalue weighted by molar-refractivity contribution is 0.517. The summed E-state index contributed by atoms with van der Waals surface area (Å²) in [5.74, 6) is 0. The normalized spacial score (nSPS) is 12.3. The lowest BCUT2D eigenvalue weighted by atomic mass is 10.0. The first-order valence-electron chi connectivity index (χ1n) is 7.10. The van der Waals surface area contributed by atoms with Crippen LogP contribution in [0.5, 0.6) is 0 Å². The molecule has 0 aliphatic heterocycles. The molecule has 1 aromatic heterocycles. The van der Waals surface area contributed by atoms with Crippen LogP contribution in [-0.4, -0.2) is 11.5 Å². The third-order valence-corrected chi connectivity index (χ3v) is 3.51. The van der Waals surface area contributed by atoms with Crippen LogP contribution >= 0.6 is 11.6 Å². The Morgan fingerprint density at radius 3 is 2.55 bits per heavy atom. The number of halogens is 1. The van der Waals surface area contributed by atoms with Crippen LogP contribution in [0.25, 0.3) is 0 Å². The van der Waals surface area contributed by atoms with Crippen molar-refractivity contribution >= 4 is 11.6 Å². The summed E-state index contributed by atoms with van der Waals surface area (Å²) in [6.07, 6.45) is 2.04. The lowest BCUT2D eigenvalue weighted by Gasteiger charge is -2.18. The number of benzene rings is 1. The maximum atomic E-state index is 5.94. The molecule has 3 heteroatoms. The fourth-order valence-electron chi connectivity index (χ4n) is 2.21. The van der Waals surface area contributed by atoms with E-state index in [0.717, 1.165) is 35.8 Å². The average Bonchev–Trinajstić information content (AvgIpc) is 2.45. The zero-order valence-corrected chi connectivity index (χ0v) is 12.8. The fraction of sp³-hybridized carbons (Fsp3) is 0.353. The Hall–Kier alpha value is -1.38. The van der Waals surface area contributed by atoms with E-state index in [1.807, 2.05) is 25.1 Å². The summed E-state index contributed by atoms with van der Waals surface area (Å²) in [5.41, 5.74) is 3.43. The Morgan fingerprint density at radius 1 is 1.15 bits per heavy atom. The minimum absolute atomic E-state index is 0.246. The van der Waals surface area contributed by atoms with Crippen LogP contribution in [-0.2, 0) is 6.42 Å². The quantitative estimate of drug-likeness (QED) is 0.856. The Kier molecular flexibility index (Phi) is 5.57. The van der Waals surface area contributed by atoms with Crippen molar-refractivity contribution in [2.45, 2.75) is 32.7 Å². The molecule has 0 bridgehead atoms. The Labute approximate surface area is 126 Å². The molecule has 2 nitrogen and oxygen atoms in total. The highest BCUT2D eigenvalue weighted by atomic mass is 35.5. The van der Waals surface area contributed by atoms with Crippen LogP contribution < -0.4 is 5.32 Å². The molecule has 0 aliphatic rings. The highest BCUT2D eigenvalue weighted by molar-refractivity contribution is 6.30. The van der Waals surface area contributed by atoms with E-state index in [-0.39, 0.29) is 6.04 Å². The summed E-state index contributed by atoms with van der Waals surface area (Å²) in [7, 11) is 0. The summed E-state index contributed by atoms with van der Waals surface area (Å²) in [4.78, 5) is 4.65. The predicted molar refractivity (Wildman–Crippen MR) is 85.2 cm³/mol. The Bertz CT molecular complexity index is 537. The van der Waals surface area contributed by atoms with Crippen LogP contribution in [0.2, 0.25) is 5.02 Å². The third-order valence-electron chi connectivity index (χ3n) is 3.26. The molecule has 106 valence electrons. The van der Waals surface area contributed by atoms with E-state index in [0.29, 0.717) is 0 Å². The number of hydrogen-bond acceptors (Lipinski definition) is 2. The standard InChI is InChI=1S/C17H21ClN2/c1-3-11-19-17(16-6-4-5-13(2)20-16)12-14-7-9-15(18)10-8-14/h4-10,17,19H,3,11-12H2,1-2H3. The van der Waals surface area contributed by atoms with Gasteiger partial charge in [0.15, 0.2) is 0 Å². The number of hydrogen-bond donors (Lipinski definition) is 1. The molecule has 1 aromatic carbocycles. The Morgan fingerprint density at radius 2 is 1.90 bits per heavy atom. The van der Waals surface area contributed by atoms with Crippen molar-refractivity contribution in [3.05, 3.63) is 64.4 Å². The van der Waals surface area contributed by atoms with E-state index in [1.54, 1.807) is 0 Å². The van der Waals surface area contributed by atoms with Gasteiger partial charge in [0, 0.05) is 10.7 Å². The molecule has 0 amide bonds. The van der Waals surface area contributed by atoms with Crippen LogP contribution in [0.4, 0.5) is 0 Å². The molecule has 2 rings (SSSR count). The van der Waals surface area contributed by atoms with E-state index in [4.69, 9.17) is 11.6 Å². The molecule has 20 heavy (non-hydrogen) atoms. The number of rotatable bonds is 6. The molecule has 0 spiro atoms. The van der Waals surface area contributed by atoms with Gasteiger partial charge < -0.3 is 5.32 Å². The van der Waals surface area contributed by atoms with Crippen molar-refractivity contribution in [3.63, 3.8) is 0 Å². The topological polar surface area (TPSA) is 24.9 Å². The highest BCUT2D eigenvalue weighted by Crippen LogP contribution is 2.19. The van der Waals surface area contributed by atoms with Gasteiger partial charge in [-0.1, -0.05) is 36.7 Å². The number of nitrogens with zero attached hydrogens (tertiary/aromatic N) is 1. The van der Waals surface area contributed by atoms with Crippen molar-refractivity contribution in [1.29, 1.82) is 0 Å². The van der Waals surface area contributed by atoms with E-state index < -0.39 is 0 Å². The second-order valence-electron chi connectivity index (χ2n) is 5.04. The molecule has 0 fully saturated rings. The van der Waals surface area contributed by atoms with Crippen LogP contribution in [0, 0.1) is 6.92 Å². The number of nitrogens with one attached hydrogen (secondary N) is 1. The maximum absolute atomic E-state index is 5.94. The zero-order chi connectivity index (χ0) is 14.4. The third kappa shape index (κ3) is 4.32. The molecule has 1 heterocycles. The van der Waals surface area contributed by atoms with Crippen LogP contribution in [0.1, 0.15) is 36.3 Å². The lowest BCUT2D eigenvalue weighted by Crippen LogP contribution is -2.25. The molecule has 0 aliphatic carbocycles. The molecule has 0 radical (unpaired) electrons. The van der Waals surface area contributed by atoms with Crippen molar-refractivity contribution in [3.8, 4) is 0 Å². The van der Waals surface area contributed by atoms with E-state index in [2.05, 4.69) is 41.5 Å². The average molecular weight is 289 g/mol. The fourth-order valence-corrected chi connectivity index (χ4v) is 2.34. The van der Waals surface area contributed by atoms with Crippen LogP contribution in [0.15, 0.2) is 42.5 Å². The van der Waals surface area contributed by atoms with Gasteiger partial charge in [0.05, 0.1) is 11.7 Å². The molecule has 0 saturated heterocycles. The van der Waals surface area contributed by atoms with Gasteiger partial charge in [-0.3, -0.25) is 4.98 Å². The summed E-state index contributed by atoms with van der Waals surface area (Å²) >= 11 is 5.94. The van der Waals surface area contributed by atoms with Crippen molar-refractivity contribution in [2.24, 2.45) is 0 Å². The first kappa shape index (κ1) is 15.0. The van der Waals surface area contributed by atoms with E-state index in [1.165, 1.54) is 5.56 Å². The molecule has 1 atom stereocenters. The summed E-state index contributed by atoms with van der Waals surface area (Å²) < 4.78 is 0. The maximum Gasteiger partial charge on any atom is 0.0579 e. The SMILES string of the molecule is CCCNC(Cc1ccc(Cl)cc1)c1cccc(C)n1. The van der Waals surface area contributed by atoms with Crippen LogP contribution in [0.3, 0.4) is 0 Å². The van der Waals surface area contributed by atoms with Crippen molar-refractivity contribution in [1.82, 2.24) is 10.3 Å². The second kappa shape index (κ2) is 7.41. The zero-order valence-electron chi connectivity index (χ0n) is 12.1. The van der Waals surface area contributed by atoms with Gasteiger partial charge in [0.1, 0.15) is 0 Å². The molecular formula is C17H21ClN2. The van der Waals surface area contributed by atoms with Gasteiger partial charge in [-0.05, 0) is 56.1 Å². The highest BCUT2D eigenvalue weighted by Gasteiger charge is 2.13. The smallest absolute Gasteiger partial charge is 0.0579 e. The van der Waals surface area contributed by atoms with Gasteiger partial charge in [-0.25, -0.2) is 0 Å². The summed E-state index contributed by atoms with van der Waals surface area (Å²) in [5, 5.41) is 4.36. The van der Waals surface area contributed by atoms with E-state index in [9.17, 15) is 0 Å². The predicted octanol–water partition coefficient (Wildman–Crippen LogP) is 4.33. The molecule has 0 saturated carbocycles. The van der Waals surface area contributed by atoms with Gasteiger partial charge >= 0.3 is 0 Å². The molecular weight excluding hydrogens is 268 g/mol. The first-order valence-corrected chi connectivity index (χ1v) is 7.48. The van der Waals surface area contributed by atoms with Gasteiger partial charge in [0.25, 0.3) is 0 Å². The van der Waals surface area contributed by atoms with Gasteiger partial charge in [-0.15, -0.1) is 0 Å². The second-order valence-corrected chi connectivity index (χ2v) is 5.48. The number of pyridine rings is 1. The van der Waals surface area contributed by atoms with Crippen molar-refractivity contribution < 1.29 is 0 Å². The Balaban J connectivity index is 2.16.